The highest BCUT2D eigenvalue weighted by Crippen LogP contribution is 2.13. The van der Waals surface area contributed by atoms with Crippen molar-refractivity contribution in [2.75, 3.05) is 0 Å². The van der Waals surface area contributed by atoms with Gasteiger partial charge in [0, 0.05) is 12.1 Å². The first-order chi connectivity index (χ1) is 9.66. The lowest BCUT2D eigenvalue weighted by Gasteiger charge is -2.28. The third-order valence-corrected chi connectivity index (χ3v) is 3.65. The number of hydrogen-bond donors (Lipinski definition) is 1. The summed E-state index contributed by atoms with van der Waals surface area (Å²) in [5.74, 6) is 0. The Hall–Kier alpha value is -1.64. The monoisotopic (exact) mass is 269 g/mol. The molecule has 0 aliphatic carbocycles. The van der Waals surface area contributed by atoms with Crippen LogP contribution in [0.3, 0.4) is 0 Å². The summed E-state index contributed by atoms with van der Waals surface area (Å²) in [4.78, 5) is 0. The van der Waals surface area contributed by atoms with Crippen molar-refractivity contribution in [1.82, 2.24) is 5.06 Å². The molecule has 2 rings (SSSR count). The summed E-state index contributed by atoms with van der Waals surface area (Å²) in [7, 11) is 0. The van der Waals surface area contributed by atoms with E-state index < -0.39 is 0 Å². The van der Waals surface area contributed by atoms with Gasteiger partial charge in [0.05, 0.1) is 0 Å². The number of hydrogen-bond acceptors (Lipinski definition) is 2. The van der Waals surface area contributed by atoms with Crippen LogP contribution in [0.25, 0.3) is 0 Å². The fourth-order valence-corrected chi connectivity index (χ4v) is 2.53. The van der Waals surface area contributed by atoms with Gasteiger partial charge < -0.3 is 5.21 Å². The Morgan fingerprint density at radius 2 is 1.10 bits per heavy atom. The van der Waals surface area contributed by atoms with Gasteiger partial charge in [0.1, 0.15) is 0 Å². The van der Waals surface area contributed by atoms with Crippen LogP contribution in [-0.4, -0.2) is 22.4 Å². The van der Waals surface area contributed by atoms with E-state index in [1.165, 1.54) is 16.2 Å². The highest BCUT2D eigenvalue weighted by Gasteiger charge is 2.18. The molecule has 2 aromatic carbocycles. The van der Waals surface area contributed by atoms with Crippen LogP contribution < -0.4 is 0 Å². The summed E-state index contributed by atoms with van der Waals surface area (Å²) in [6, 6.07) is 20.8. The zero-order valence-electron chi connectivity index (χ0n) is 12.2. The van der Waals surface area contributed by atoms with Gasteiger partial charge in [-0.3, -0.25) is 0 Å². The fraction of sp³-hybridized carbons (Fsp3) is 0.333. The maximum absolute atomic E-state index is 10.3. The normalized spacial score (nSPS) is 14.2. The number of benzene rings is 2. The van der Waals surface area contributed by atoms with Crippen LogP contribution in [0.15, 0.2) is 60.7 Å². The van der Waals surface area contributed by atoms with Crippen molar-refractivity contribution in [3.63, 3.8) is 0 Å². The molecule has 0 spiro atoms. The molecule has 0 fully saturated rings. The molecule has 0 bridgehead atoms. The molecule has 2 nitrogen and oxygen atoms in total. The molecule has 0 heterocycles. The molecule has 0 aromatic heterocycles. The molecule has 20 heavy (non-hydrogen) atoms. The molecule has 0 saturated heterocycles. The second-order valence-electron chi connectivity index (χ2n) is 5.46. The van der Waals surface area contributed by atoms with Gasteiger partial charge in [-0.1, -0.05) is 60.7 Å². The molecular weight excluding hydrogens is 246 g/mol. The van der Waals surface area contributed by atoms with Crippen LogP contribution in [0, 0.1) is 0 Å². The van der Waals surface area contributed by atoms with E-state index in [1.807, 2.05) is 36.4 Å². The maximum Gasteiger partial charge on any atom is 0.0365 e. The van der Waals surface area contributed by atoms with Crippen LogP contribution in [-0.2, 0) is 12.8 Å². The summed E-state index contributed by atoms with van der Waals surface area (Å²) in [5, 5.41) is 11.8. The summed E-state index contributed by atoms with van der Waals surface area (Å²) in [6.45, 7) is 4.13. The lowest BCUT2D eigenvalue weighted by atomic mass is 10.0. The van der Waals surface area contributed by atoms with E-state index in [0.717, 1.165) is 12.8 Å². The molecule has 0 aliphatic heterocycles. The molecular formula is C18H23NO. The van der Waals surface area contributed by atoms with Crippen molar-refractivity contribution < 1.29 is 5.21 Å². The summed E-state index contributed by atoms with van der Waals surface area (Å²) in [6.07, 6.45) is 1.72. The Bertz CT molecular complexity index is 450. The molecule has 2 heteroatoms. The average molecular weight is 269 g/mol. The first kappa shape index (κ1) is 14.8. The minimum Gasteiger partial charge on any atom is -0.313 e. The molecule has 2 atom stereocenters. The summed E-state index contributed by atoms with van der Waals surface area (Å²) >= 11 is 0. The van der Waals surface area contributed by atoms with E-state index in [-0.39, 0.29) is 12.1 Å². The van der Waals surface area contributed by atoms with Crippen LogP contribution >= 0.6 is 0 Å². The van der Waals surface area contributed by atoms with Crippen LogP contribution in [0.5, 0.6) is 0 Å². The largest absolute Gasteiger partial charge is 0.313 e. The minimum absolute atomic E-state index is 0.108. The number of rotatable bonds is 6. The molecule has 0 saturated carbocycles. The molecule has 1 N–H and O–H groups in total. The van der Waals surface area contributed by atoms with E-state index in [0.29, 0.717) is 0 Å². The fourth-order valence-electron chi connectivity index (χ4n) is 2.53. The highest BCUT2D eigenvalue weighted by molar-refractivity contribution is 5.17. The second kappa shape index (κ2) is 7.22. The van der Waals surface area contributed by atoms with Crippen molar-refractivity contribution in [3.8, 4) is 0 Å². The standard InChI is InChI=1S/C18H23NO/c1-15(13-17-9-5-3-6-10-17)19(20)16(2)14-18-11-7-4-8-12-18/h3-12,15-16,20H,13-14H2,1-2H3/t15-,16-/m1/s1. The van der Waals surface area contributed by atoms with E-state index >= 15 is 0 Å². The van der Waals surface area contributed by atoms with Crippen molar-refractivity contribution in [2.24, 2.45) is 0 Å². The maximum atomic E-state index is 10.3. The molecule has 2 aromatic rings. The predicted molar refractivity (Wildman–Crippen MR) is 82.8 cm³/mol. The van der Waals surface area contributed by atoms with Crippen LogP contribution in [0.2, 0.25) is 0 Å². The van der Waals surface area contributed by atoms with E-state index in [9.17, 15) is 5.21 Å². The van der Waals surface area contributed by atoms with Gasteiger partial charge in [0.2, 0.25) is 0 Å². The van der Waals surface area contributed by atoms with Crippen molar-refractivity contribution in [3.05, 3.63) is 71.8 Å². The zero-order chi connectivity index (χ0) is 14.4. The van der Waals surface area contributed by atoms with Gasteiger partial charge in [0.15, 0.2) is 0 Å². The van der Waals surface area contributed by atoms with Gasteiger partial charge in [-0.25, -0.2) is 0 Å². The highest BCUT2D eigenvalue weighted by atomic mass is 16.5. The van der Waals surface area contributed by atoms with Gasteiger partial charge in [0.25, 0.3) is 0 Å². The van der Waals surface area contributed by atoms with Gasteiger partial charge in [-0.05, 0) is 37.8 Å². The van der Waals surface area contributed by atoms with Crippen molar-refractivity contribution in [1.29, 1.82) is 0 Å². The van der Waals surface area contributed by atoms with E-state index in [2.05, 4.69) is 38.1 Å². The molecule has 0 unspecified atom stereocenters. The Morgan fingerprint density at radius 3 is 1.45 bits per heavy atom. The SMILES string of the molecule is C[C@H](Cc1ccccc1)N(O)[C@H](C)Cc1ccccc1. The Kier molecular flexibility index (Phi) is 5.33. The predicted octanol–water partition coefficient (Wildman–Crippen LogP) is 3.94. The average Bonchev–Trinajstić information content (AvgIpc) is 2.48. The molecule has 0 amide bonds. The third-order valence-electron chi connectivity index (χ3n) is 3.65. The van der Waals surface area contributed by atoms with E-state index in [1.54, 1.807) is 0 Å². The Labute approximate surface area is 121 Å². The molecule has 106 valence electrons. The first-order valence-electron chi connectivity index (χ1n) is 7.22. The lowest BCUT2D eigenvalue weighted by Crippen LogP contribution is -2.39. The van der Waals surface area contributed by atoms with E-state index in [4.69, 9.17) is 0 Å². The summed E-state index contributed by atoms with van der Waals surface area (Å²) < 4.78 is 0. The number of nitrogens with zero attached hydrogens (tertiary/aromatic N) is 1. The van der Waals surface area contributed by atoms with Gasteiger partial charge >= 0.3 is 0 Å². The quantitative estimate of drug-likeness (QED) is 0.803. The van der Waals surface area contributed by atoms with Crippen molar-refractivity contribution >= 4 is 0 Å². The Morgan fingerprint density at radius 1 is 0.750 bits per heavy atom. The summed E-state index contributed by atoms with van der Waals surface area (Å²) in [5.41, 5.74) is 2.51. The van der Waals surface area contributed by atoms with Gasteiger partial charge in [-0.15, -0.1) is 0 Å². The lowest BCUT2D eigenvalue weighted by molar-refractivity contribution is -0.150. The second-order valence-corrected chi connectivity index (χ2v) is 5.46. The van der Waals surface area contributed by atoms with Crippen LogP contribution in [0.4, 0.5) is 0 Å². The molecule has 0 aliphatic rings. The molecule has 0 radical (unpaired) electrons. The number of hydroxylamine groups is 2. The van der Waals surface area contributed by atoms with Gasteiger partial charge in [-0.2, -0.15) is 5.06 Å². The van der Waals surface area contributed by atoms with Crippen molar-refractivity contribution in [2.45, 2.75) is 38.8 Å². The topological polar surface area (TPSA) is 23.5 Å². The zero-order valence-corrected chi connectivity index (χ0v) is 12.2. The smallest absolute Gasteiger partial charge is 0.0365 e. The Balaban J connectivity index is 1.91. The van der Waals surface area contributed by atoms with Crippen LogP contribution in [0.1, 0.15) is 25.0 Å². The minimum atomic E-state index is 0.108. The first-order valence-corrected chi connectivity index (χ1v) is 7.22. The third kappa shape index (κ3) is 4.19.